The van der Waals surface area contributed by atoms with E-state index >= 15 is 0 Å². The van der Waals surface area contributed by atoms with Crippen LogP contribution in [0.3, 0.4) is 0 Å². The molecular weight excluding hydrogens is 427 g/mol. The zero-order valence-electron chi connectivity index (χ0n) is 17.6. The molecule has 0 aromatic heterocycles. The number of methoxy groups -OCH3 is 1. The van der Waals surface area contributed by atoms with Crippen LogP contribution in [0.15, 0.2) is 72.8 Å². The van der Waals surface area contributed by atoms with Crippen LogP contribution in [0.1, 0.15) is 36.6 Å². The van der Waals surface area contributed by atoms with Gasteiger partial charge in [0.15, 0.2) is 0 Å². The Bertz CT molecular complexity index is 1240. The second-order valence-electron chi connectivity index (χ2n) is 7.42. The normalized spacial score (nSPS) is 13.5. The first kappa shape index (κ1) is 21.9. The first-order chi connectivity index (χ1) is 15.9. The molecule has 1 N–H and O–H groups in total. The lowest BCUT2D eigenvalue weighted by atomic mass is 10.0. The van der Waals surface area contributed by atoms with E-state index in [1.54, 1.807) is 0 Å². The molecule has 3 amide bonds. The fourth-order valence-corrected chi connectivity index (χ4v) is 3.63. The number of nitrogens with zero attached hydrogens (tertiary/aromatic N) is 1. The molecule has 0 bridgehead atoms. The van der Waals surface area contributed by atoms with Crippen LogP contribution in [0.25, 0.3) is 0 Å². The molecular formula is C25H19FN2O5. The number of halogens is 1. The highest BCUT2D eigenvalue weighted by Gasteiger charge is 2.37. The number of carbonyl (C=O) groups excluding carboxylic acids is 4. The smallest absolute Gasteiger partial charge is 0.328 e. The van der Waals surface area contributed by atoms with E-state index in [-0.39, 0.29) is 28.8 Å². The topological polar surface area (TPSA) is 92.8 Å². The van der Waals surface area contributed by atoms with Crippen LogP contribution in [0, 0.1) is 5.82 Å². The van der Waals surface area contributed by atoms with Crippen molar-refractivity contribution in [2.45, 2.75) is 12.5 Å². The molecule has 1 aliphatic rings. The largest absolute Gasteiger partial charge is 0.467 e. The molecule has 0 fully saturated rings. The van der Waals surface area contributed by atoms with Gasteiger partial charge in [-0.25, -0.2) is 14.1 Å². The summed E-state index contributed by atoms with van der Waals surface area (Å²) in [4.78, 5) is 51.6. The van der Waals surface area contributed by atoms with Crippen molar-refractivity contribution in [3.05, 3.63) is 101 Å². The maximum Gasteiger partial charge on any atom is 0.328 e. The third-order valence-corrected chi connectivity index (χ3v) is 5.31. The third kappa shape index (κ3) is 4.36. The number of benzene rings is 3. The van der Waals surface area contributed by atoms with Gasteiger partial charge in [-0.1, -0.05) is 30.3 Å². The summed E-state index contributed by atoms with van der Waals surface area (Å²) >= 11 is 0. The molecule has 1 aliphatic heterocycles. The van der Waals surface area contributed by atoms with E-state index in [0.717, 1.165) is 22.6 Å². The molecule has 0 saturated heterocycles. The predicted octanol–water partition coefficient (Wildman–Crippen LogP) is 3.14. The Kier molecular flexibility index (Phi) is 5.99. The molecule has 1 unspecified atom stereocenters. The van der Waals surface area contributed by atoms with E-state index in [1.807, 2.05) is 30.3 Å². The van der Waals surface area contributed by atoms with Crippen LogP contribution in [0.2, 0.25) is 0 Å². The number of carbonyl (C=O) groups is 4. The van der Waals surface area contributed by atoms with Gasteiger partial charge in [-0.3, -0.25) is 14.4 Å². The summed E-state index contributed by atoms with van der Waals surface area (Å²) in [5, 5.41) is 2.63. The number of hydrogen-bond donors (Lipinski definition) is 1. The summed E-state index contributed by atoms with van der Waals surface area (Å²) in [6.45, 7) is 0. The maximum absolute atomic E-state index is 13.2. The number of nitrogens with one attached hydrogen (secondary N) is 1. The van der Waals surface area contributed by atoms with Crippen molar-refractivity contribution in [3.8, 4) is 0 Å². The molecule has 0 aliphatic carbocycles. The fourth-order valence-electron chi connectivity index (χ4n) is 3.63. The Morgan fingerprint density at radius 2 is 1.61 bits per heavy atom. The number of imide groups is 1. The minimum absolute atomic E-state index is 0.0506. The van der Waals surface area contributed by atoms with Gasteiger partial charge in [0.05, 0.1) is 23.9 Å². The Balaban J connectivity index is 1.57. The van der Waals surface area contributed by atoms with Gasteiger partial charge in [0, 0.05) is 12.0 Å². The van der Waals surface area contributed by atoms with Gasteiger partial charge in [-0.15, -0.1) is 0 Å². The van der Waals surface area contributed by atoms with E-state index in [1.165, 1.54) is 37.4 Å². The molecule has 1 heterocycles. The third-order valence-electron chi connectivity index (χ3n) is 5.31. The number of anilines is 1. The summed E-state index contributed by atoms with van der Waals surface area (Å²) < 4.78 is 18.0. The average Bonchev–Trinajstić information content (AvgIpc) is 3.08. The maximum atomic E-state index is 13.2. The van der Waals surface area contributed by atoms with Crippen molar-refractivity contribution in [3.63, 3.8) is 0 Å². The molecule has 7 nitrogen and oxygen atoms in total. The molecule has 4 rings (SSSR count). The van der Waals surface area contributed by atoms with Gasteiger partial charge < -0.3 is 10.1 Å². The van der Waals surface area contributed by atoms with Crippen molar-refractivity contribution in [2.24, 2.45) is 0 Å². The quantitative estimate of drug-likeness (QED) is 0.464. The number of fused-ring (bicyclic) bond motifs is 1. The lowest BCUT2D eigenvalue weighted by molar-refractivity contribution is -0.142. The highest BCUT2D eigenvalue weighted by Crippen LogP contribution is 2.29. The lowest BCUT2D eigenvalue weighted by Gasteiger charge is -2.17. The van der Waals surface area contributed by atoms with Gasteiger partial charge in [0.25, 0.3) is 17.7 Å². The number of rotatable bonds is 6. The Hall–Kier alpha value is -4.33. The molecule has 166 valence electrons. The molecule has 3 aromatic carbocycles. The van der Waals surface area contributed by atoms with Gasteiger partial charge in [0.2, 0.25) is 0 Å². The van der Waals surface area contributed by atoms with Crippen molar-refractivity contribution in [2.75, 3.05) is 12.0 Å². The van der Waals surface area contributed by atoms with E-state index in [9.17, 15) is 23.6 Å². The second kappa shape index (κ2) is 9.04. The van der Waals surface area contributed by atoms with E-state index in [0.29, 0.717) is 0 Å². The van der Waals surface area contributed by atoms with Crippen LogP contribution in [-0.4, -0.2) is 36.8 Å². The van der Waals surface area contributed by atoms with Crippen molar-refractivity contribution in [1.82, 2.24) is 5.32 Å². The summed E-state index contributed by atoms with van der Waals surface area (Å²) in [5.41, 5.74) is 1.35. The van der Waals surface area contributed by atoms with Crippen molar-refractivity contribution in [1.29, 1.82) is 0 Å². The molecule has 0 radical (unpaired) electrons. The summed E-state index contributed by atoms with van der Waals surface area (Å²) in [7, 11) is 1.23. The standard InChI is InChI=1S/C25H19FN2O5/c1-33-25(32)21(13-15-5-3-2-4-6-15)27-22(29)16-7-12-19-20(14-16)24(31)28(23(19)30)18-10-8-17(26)9-11-18/h2-12,14,21H,13H2,1H3,(H,27,29). The zero-order chi connectivity index (χ0) is 23.5. The molecule has 1 atom stereocenters. The monoisotopic (exact) mass is 446 g/mol. The van der Waals surface area contributed by atoms with E-state index < -0.39 is 35.5 Å². The molecule has 33 heavy (non-hydrogen) atoms. The van der Waals surface area contributed by atoms with E-state index in [2.05, 4.69) is 5.32 Å². The highest BCUT2D eigenvalue weighted by atomic mass is 19.1. The fraction of sp³-hybridized carbons (Fsp3) is 0.120. The number of esters is 1. The minimum atomic E-state index is -0.939. The Morgan fingerprint density at radius 3 is 2.27 bits per heavy atom. The van der Waals surface area contributed by atoms with E-state index in [4.69, 9.17) is 4.74 Å². The highest BCUT2D eigenvalue weighted by molar-refractivity contribution is 6.34. The Labute approximate surface area is 188 Å². The molecule has 0 saturated carbocycles. The lowest BCUT2D eigenvalue weighted by Crippen LogP contribution is -2.43. The van der Waals surface area contributed by atoms with Crippen LogP contribution in [-0.2, 0) is 16.0 Å². The predicted molar refractivity (Wildman–Crippen MR) is 117 cm³/mol. The van der Waals surface area contributed by atoms with Gasteiger partial charge >= 0.3 is 5.97 Å². The summed E-state index contributed by atoms with van der Waals surface area (Å²) in [6, 6.07) is 17.3. The average molecular weight is 446 g/mol. The minimum Gasteiger partial charge on any atom is -0.467 e. The number of amides is 3. The summed E-state index contributed by atoms with van der Waals surface area (Å²) in [5.74, 6) is -2.88. The van der Waals surface area contributed by atoms with Crippen LogP contribution >= 0.6 is 0 Å². The molecule has 3 aromatic rings. The van der Waals surface area contributed by atoms with Crippen LogP contribution in [0.4, 0.5) is 10.1 Å². The first-order valence-electron chi connectivity index (χ1n) is 10.1. The SMILES string of the molecule is COC(=O)C(Cc1ccccc1)NC(=O)c1ccc2c(c1)C(=O)N(c1ccc(F)cc1)C2=O. The number of ether oxygens (including phenoxy) is 1. The zero-order valence-corrected chi connectivity index (χ0v) is 17.6. The van der Waals surface area contributed by atoms with Crippen molar-refractivity contribution < 1.29 is 28.3 Å². The second-order valence-corrected chi connectivity index (χ2v) is 7.42. The number of hydrogen-bond acceptors (Lipinski definition) is 5. The first-order valence-corrected chi connectivity index (χ1v) is 10.1. The Morgan fingerprint density at radius 1 is 0.939 bits per heavy atom. The van der Waals surface area contributed by atoms with Crippen molar-refractivity contribution >= 4 is 29.4 Å². The van der Waals surface area contributed by atoms with Gasteiger partial charge in [-0.05, 0) is 48.0 Å². The van der Waals surface area contributed by atoms with Crippen LogP contribution in [0.5, 0.6) is 0 Å². The van der Waals surface area contributed by atoms with Crippen LogP contribution < -0.4 is 10.2 Å². The summed E-state index contributed by atoms with van der Waals surface area (Å²) in [6.07, 6.45) is 0.222. The van der Waals surface area contributed by atoms with Gasteiger partial charge in [0.1, 0.15) is 11.9 Å². The molecule has 8 heteroatoms. The molecule has 0 spiro atoms. The van der Waals surface area contributed by atoms with Gasteiger partial charge in [-0.2, -0.15) is 0 Å².